The molecule has 0 amide bonds. The summed E-state index contributed by atoms with van der Waals surface area (Å²) in [6.45, 7) is 0. The van der Waals surface area contributed by atoms with Gasteiger partial charge in [-0.1, -0.05) is 46.9 Å². The monoisotopic (exact) mass is 387 g/mol. The number of aliphatic carboxylic acids is 1. The van der Waals surface area contributed by atoms with E-state index in [1.165, 1.54) is 24.3 Å². The normalized spacial score (nSPS) is 11.8. The minimum Gasteiger partial charge on any atom is -0.480 e. The summed E-state index contributed by atoms with van der Waals surface area (Å²) < 4.78 is 5.21. The maximum absolute atomic E-state index is 12.2. The molecule has 2 rings (SSSR count). The Morgan fingerprint density at radius 2 is 1.62 bits per heavy atom. The first-order valence-electron chi connectivity index (χ1n) is 6.72. The van der Waals surface area contributed by atoms with Crippen molar-refractivity contribution in [3.63, 3.8) is 0 Å². The van der Waals surface area contributed by atoms with Crippen molar-refractivity contribution in [3.05, 3.63) is 62.6 Å². The molecule has 8 heteroatoms. The molecule has 0 aliphatic carbocycles. The molecule has 5 nitrogen and oxygen atoms in total. The van der Waals surface area contributed by atoms with Crippen LogP contribution in [0.4, 0.5) is 0 Å². The maximum Gasteiger partial charge on any atom is 0.346 e. The average Bonchev–Trinajstić information content (AvgIpc) is 2.48. The lowest BCUT2D eigenvalue weighted by atomic mass is 10.1. The molecule has 0 aromatic heterocycles. The number of esters is 1. The van der Waals surface area contributed by atoms with E-state index in [0.717, 1.165) is 0 Å². The van der Waals surface area contributed by atoms with Crippen molar-refractivity contribution in [1.29, 1.82) is 0 Å². The highest BCUT2D eigenvalue weighted by Crippen LogP contribution is 2.30. The molecule has 126 valence electrons. The van der Waals surface area contributed by atoms with Gasteiger partial charge in [0.1, 0.15) is 11.8 Å². The number of carboxylic acid groups (broad SMARTS) is 1. The molecule has 0 unspecified atom stereocenters. The summed E-state index contributed by atoms with van der Waals surface area (Å²) in [6.07, 6.45) is 0.165. The highest BCUT2D eigenvalue weighted by atomic mass is 35.5. The SMILES string of the molecule is N[C@@H](Cc1ccc(OC(=O)c2c(Cl)cc(Cl)cc2Cl)cc1)C(=O)O. The molecule has 0 saturated carbocycles. The van der Waals surface area contributed by atoms with Gasteiger partial charge in [-0.2, -0.15) is 0 Å². The Balaban J connectivity index is 2.11. The number of carbonyl (C=O) groups excluding carboxylic acids is 1. The lowest BCUT2D eigenvalue weighted by Crippen LogP contribution is -2.32. The van der Waals surface area contributed by atoms with Crippen molar-refractivity contribution in [2.75, 3.05) is 0 Å². The number of carbonyl (C=O) groups is 2. The first-order valence-corrected chi connectivity index (χ1v) is 7.85. The quantitative estimate of drug-likeness (QED) is 0.600. The van der Waals surface area contributed by atoms with Gasteiger partial charge in [-0.25, -0.2) is 4.79 Å². The van der Waals surface area contributed by atoms with Gasteiger partial charge in [0, 0.05) is 5.02 Å². The third kappa shape index (κ3) is 4.61. The number of hydrogen-bond acceptors (Lipinski definition) is 4. The van der Waals surface area contributed by atoms with Crippen LogP contribution in [-0.2, 0) is 11.2 Å². The minimum absolute atomic E-state index is 0.0136. The number of halogens is 3. The molecule has 2 aromatic carbocycles. The molecule has 0 saturated heterocycles. The molecule has 2 aromatic rings. The second kappa shape index (κ2) is 7.85. The average molecular weight is 389 g/mol. The van der Waals surface area contributed by atoms with E-state index in [2.05, 4.69) is 0 Å². The van der Waals surface area contributed by atoms with Gasteiger partial charge in [-0.15, -0.1) is 0 Å². The third-order valence-corrected chi connectivity index (χ3v) is 3.93. The molecule has 0 aliphatic heterocycles. The molecular weight excluding hydrogens is 377 g/mol. The van der Waals surface area contributed by atoms with Gasteiger partial charge >= 0.3 is 11.9 Å². The van der Waals surface area contributed by atoms with Crippen LogP contribution in [0.2, 0.25) is 15.1 Å². The third-order valence-electron chi connectivity index (χ3n) is 3.12. The molecule has 24 heavy (non-hydrogen) atoms. The summed E-state index contributed by atoms with van der Waals surface area (Å²) in [4.78, 5) is 22.9. The number of hydrogen-bond donors (Lipinski definition) is 2. The Labute approximate surface area is 152 Å². The molecular formula is C16H12Cl3NO4. The van der Waals surface area contributed by atoms with E-state index < -0.39 is 18.0 Å². The van der Waals surface area contributed by atoms with E-state index in [1.807, 2.05) is 0 Å². The highest BCUT2D eigenvalue weighted by molar-refractivity contribution is 6.41. The van der Waals surface area contributed by atoms with Crippen LogP contribution in [0.3, 0.4) is 0 Å². The highest BCUT2D eigenvalue weighted by Gasteiger charge is 2.18. The predicted molar refractivity (Wildman–Crippen MR) is 92.2 cm³/mol. The molecule has 0 radical (unpaired) electrons. The Kier molecular flexibility index (Phi) is 6.07. The summed E-state index contributed by atoms with van der Waals surface area (Å²) >= 11 is 17.7. The topological polar surface area (TPSA) is 89.6 Å². The lowest BCUT2D eigenvalue weighted by Gasteiger charge is -2.10. The zero-order valence-corrected chi connectivity index (χ0v) is 14.4. The van der Waals surface area contributed by atoms with Gasteiger partial charge in [0.05, 0.1) is 15.6 Å². The first kappa shape index (κ1) is 18.5. The second-order valence-electron chi connectivity index (χ2n) is 4.93. The largest absolute Gasteiger partial charge is 0.480 e. The van der Waals surface area contributed by atoms with Gasteiger partial charge in [0.2, 0.25) is 0 Å². The summed E-state index contributed by atoms with van der Waals surface area (Å²) in [7, 11) is 0. The summed E-state index contributed by atoms with van der Waals surface area (Å²) in [5.41, 5.74) is 6.18. The Hall–Kier alpha value is -1.79. The van der Waals surface area contributed by atoms with Crippen molar-refractivity contribution in [1.82, 2.24) is 0 Å². The number of ether oxygens (including phenoxy) is 1. The van der Waals surface area contributed by atoms with Gasteiger partial charge in [0.25, 0.3) is 0 Å². The van der Waals surface area contributed by atoms with Crippen LogP contribution in [0.1, 0.15) is 15.9 Å². The maximum atomic E-state index is 12.2. The van der Waals surface area contributed by atoms with Crippen molar-refractivity contribution >= 4 is 46.7 Å². The number of benzene rings is 2. The van der Waals surface area contributed by atoms with Crippen molar-refractivity contribution in [2.45, 2.75) is 12.5 Å². The molecule has 0 heterocycles. The molecule has 0 spiro atoms. The fraction of sp³-hybridized carbons (Fsp3) is 0.125. The van der Waals surface area contributed by atoms with Crippen LogP contribution in [0, 0.1) is 0 Å². The fourth-order valence-electron chi connectivity index (χ4n) is 1.93. The number of nitrogens with two attached hydrogens (primary N) is 1. The Morgan fingerprint density at radius 3 is 2.12 bits per heavy atom. The van der Waals surface area contributed by atoms with Crippen LogP contribution in [0.25, 0.3) is 0 Å². The van der Waals surface area contributed by atoms with Crippen LogP contribution in [-0.4, -0.2) is 23.1 Å². The van der Waals surface area contributed by atoms with Gasteiger partial charge < -0.3 is 15.6 Å². The summed E-state index contributed by atoms with van der Waals surface area (Å²) in [5.74, 6) is -1.55. The van der Waals surface area contributed by atoms with E-state index in [4.69, 9.17) is 50.4 Å². The smallest absolute Gasteiger partial charge is 0.346 e. The molecule has 0 bridgehead atoms. The standard InChI is InChI=1S/C16H12Cl3NO4/c17-9-6-11(18)14(12(19)7-9)16(23)24-10-3-1-8(2-4-10)5-13(20)15(21)22/h1-4,6-7,13H,5,20H2,(H,21,22)/t13-/m0/s1. The summed E-state index contributed by atoms with van der Waals surface area (Å²) in [6, 6.07) is 8.08. The fourth-order valence-corrected chi connectivity index (χ4v) is 2.90. The van der Waals surface area contributed by atoms with Crippen molar-refractivity contribution < 1.29 is 19.4 Å². The van der Waals surface area contributed by atoms with Crippen LogP contribution in [0.5, 0.6) is 5.75 Å². The van der Waals surface area contributed by atoms with E-state index in [9.17, 15) is 9.59 Å². The first-order chi connectivity index (χ1) is 11.3. The predicted octanol–water partition coefficient (Wildman–Crippen LogP) is 3.82. The lowest BCUT2D eigenvalue weighted by molar-refractivity contribution is -0.138. The Bertz CT molecular complexity index is 754. The van der Waals surface area contributed by atoms with E-state index in [1.54, 1.807) is 12.1 Å². The second-order valence-corrected chi connectivity index (χ2v) is 6.18. The van der Waals surface area contributed by atoms with Crippen LogP contribution in [0.15, 0.2) is 36.4 Å². The van der Waals surface area contributed by atoms with Crippen molar-refractivity contribution in [3.8, 4) is 5.75 Å². The van der Waals surface area contributed by atoms with Gasteiger partial charge in [0.15, 0.2) is 0 Å². The van der Waals surface area contributed by atoms with Crippen LogP contribution >= 0.6 is 34.8 Å². The number of rotatable bonds is 5. The van der Waals surface area contributed by atoms with Gasteiger partial charge in [-0.05, 0) is 36.2 Å². The molecule has 0 aliphatic rings. The zero-order valence-electron chi connectivity index (χ0n) is 12.1. The van der Waals surface area contributed by atoms with Crippen LogP contribution < -0.4 is 10.5 Å². The van der Waals surface area contributed by atoms with Crippen molar-refractivity contribution in [2.24, 2.45) is 5.73 Å². The molecule has 1 atom stereocenters. The molecule has 3 N–H and O–H groups in total. The van der Waals surface area contributed by atoms with E-state index >= 15 is 0 Å². The zero-order chi connectivity index (χ0) is 17.9. The minimum atomic E-state index is -1.09. The van der Waals surface area contributed by atoms with E-state index in [0.29, 0.717) is 10.6 Å². The van der Waals surface area contributed by atoms with Gasteiger partial charge in [-0.3, -0.25) is 4.79 Å². The summed E-state index contributed by atoms with van der Waals surface area (Å²) in [5, 5.41) is 9.26. The Morgan fingerprint density at radius 1 is 1.08 bits per heavy atom. The number of carboxylic acids is 1. The van der Waals surface area contributed by atoms with E-state index in [-0.39, 0.29) is 27.8 Å². The molecule has 0 fully saturated rings.